The third kappa shape index (κ3) is 0.604. The van der Waals surface area contributed by atoms with Crippen molar-refractivity contribution < 1.29 is 0 Å². The normalized spacial score (nSPS) is 10.4. The molecule has 0 unspecified atom stereocenters. The highest BCUT2D eigenvalue weighted by Gasteiger charge is 1.87. The smallest absolute Gasteiger partial charge is 0.169 e. The van der Waals surface area contributed by atoms with Gasteiger partial charge in [0.25, 0.3) is 0 Å². The highest BCUT2D eigenvalue weighted by molar-refractivity contribution is 5.68. The Morgan fingerprint density at radius 2 is 2.30 bits per heavy atom. The highest BCUT2D eigenvalue weighted by Crippen LogP contribution is 2.03. The Labute approximate surface area is 56.3 Å². The molecule has 5 nitrogen and oxygen atoms in total. The molecule has 0 saturated carbocycles. The zero-order chi connectivity index (χ0) is 6.97. The van der Waals surface area contributed by atoms with Crippen LogP contribution in [-0.2, 0) is 0 Å². The van der Waals surface area contributed by atoms with Gasteiger partial charge in [0.1, 0.15) is 0 Å². The van der Waals surface area contributed by atoms with E-state index in [1.807, 2.05) is 0 Å². The van der Waals surface area contributed by atoms with Gasteiger partial charge in [0.15, 0.2) is 5.95 Å². The van der Waals surface area contributed by atoms with Crippen LogP contribution in [0.15, 0.2) is 12.5 Å². The molecule has 0 aromatic carbocycles. The quantitative estimate of drug-likeness (QED) is 0.502. The molecule has 1 radical (unpaired) electrons. The standard InChI is InChI=1S/C5H3N5/c6-5-7-1-3-4(10-5)9-2-8-3/h1-2,6H/q-1. The van der Waals surface area contributed by atoms with Crippen molar-refractivity contribution in [2.75, 3.05) is 0 Å². The molecule has 0 amide bonds. The first-order chi connectivity index (χ1) is 4.86. The van der Waals surface area contributed by atoms with Crippen LogP contribution in [0.1, 0.15) is 0 Å². The Kier molecular flexibility index (Phi) is 0.858. The molecule has 2 rings (SSSR count). The Hall–Kier alpha value is -1.65. The van der Waals surface area contributed by atoms with Crippen LogP contribution in [0, 0.1) is 0 Å². The van der Waals surface area contributed by atoms with Crippen molar-refractivity contribution in [3.63, 3.8) is 0 Å². The minimum atomic E-state index is -0.0204. The molecule has 0 spiro atoms. The molecule has 0 saturated heterocycles. The van der Waals surface area contributed by atoms with E-state index in [2.05, 4.69) is 19.9 Å². The van der Waals surface area contributed by atoms with E-state index in [9.17, 15) is 0 Å². The summed E-state index contributed by atoms with van der Waals surface area (Å²) in [6.45, 7) is 0. The first-order valence-corrected chi connectivity index (χ1v) is 2.68. The fourth-order valence-electron chi connectivity index (χ4n) is 0.698. The van der Waals surface area contributed by atoms with E-state index >= 15 is 0 Å². The molecule has 49 valence electrons. The molecule has 2 heterocycles. The first-order valence-electron chi connectivity index (χ1n) is 2.68. The second kappa shape index (κ2) is 1.66. The van der Waals surface area contributed by atoms with Crippen molar-refractivity contribution in [1.82, 2.24) is 25.7 Å². The number of hydrogen-bond acceptors (Lipinski definition) is 3. The number of rotatable bonds is 0. The van der Waals surface area contributed by atoms with E-state index in [-0.39, 0.29) is 5.95 Å². The molecule has 2 aromatic heterocycles. The maximum absolute atomic E-state index is 7.03. The summed E-state index contributed by atoms with van der Waals surface area (Å²) < 4.78 is 0. The molecule has 0 aliphatic heterocycles. The Morgan fingerprint density at radius 3 is 3.20 bits per heavy atom. The van der Waals surface area contributed by atoms with Crippen molar-refractivity contribution in [1.29, 1.82) is 0 Å². The number of hydrogen-bond donors (Lipinski definition) is 0. The maximum Gasteiger partial charge on any atom is 0.169 e. The number of imidazole rings is 1. The van der Waals surface area contributed by atoms with Gasteiger partial charge in [-0.3, -0.25) is 5.73 Å². The van der Waals surface area contributed by atoms with Gasteiger partial charge in [0.05, 0.1) is 0 Å². The number of fused-ring (bicyclic) bond motifs is 1. The molecule has 0 aliphatic carbocycles. The lowest BCUT2D eigenvalue weighted by Crippen LogP contribution is -1.84. The van der Waals surface area contributed by atoms with Crippen LogP contribution in [-0.4, -0.2) is 15.0 Å². The zero-order valence-electron chi connectivity index (χ0n) is 4.94. The molecular formula is C5H3N5-. The number of nitrogens with zero attached hydrogens (tertiary/aromatic N) is 4. The van der Waals surface area contributed by atoms with E-state index in [0.29, 0.717) is 11.2 Å². The van der Waals surface area contributed by atoms with Crippen LogP contribution in [0.3, 0.4) is 0 Å². The topological polar surface area (TPSA) is 76.6 Å². The predicted octanol–water partition coefficient (Wildman–Crippen LogP) is -0.104. The molecule has 2 aromatic rings. The molecule has 5 heteroatoms. The van der Waals surface area contributed by atoms with Crippen molar-refractivity contribution >= 4 is 17.1 Å². The number of aromatic nitrogens is 4. The molecule has 0 bridgehead atoms. The van der Waals surface area contributed by atoms with E-state index in [4.69, 9.17) is 5.73 Å². The summed E-state index contributed by atoms with van der Waals surface area (Å²) in [5.41, 5.74) is 8.15. The molecule has 1 N–H and O–H groups in total. The molecule has 10 heavy (non-hydrogen) atoms. The molecule has 0 aliphatic rings. The first kappa shape index (κ1) is 5.16. The molecule has 0 atom stereocenters. The maximum atomic E-state index is 7.03. The average Bonchev–Trinajstić information content (AvgIpc) is 2.33. The second-order valence-electron chi connectivity index (χ2n) is 1.78. The summed E-state index contributed by atoms with van der Waals surface area (Å²) in [6.07, 6.45) is 2.89. The SMILES string of the molecule is [NH]c1ncc2nc[n-]c2n1. The van der Waals surface area contributed by atoms with Crippen LogP contribution in [0.2, 0.25) is 0 Å². The van der Waals surface area contributed by atoms with Crippen LogP contribution in [0.4, 0.5) is 5.95 Å². The van der Waals surface area contributed by atoms with Gasteiger partial charge in [0.2, 0.25) is 0 Å². The van der Waals surface area contributed by atoms with Crippen LogP contribution < -0.4 is 10.7 Å². The van der Waals surface area contributed by atoms with E-state index in [1.165, 1.54) is 12.5 Å². The Balaban J connectivity index is 2.86. The Morgan fingerprint density at radius 1 is 1.40 bits per heavy atom. The average molecular weight is 133 g/mol. The van der Waals surface area contributed by atoms with E-state index in [1.54, 1.807) is 0 Å². The van der Waals surface area contributed by atoms with Crippen LogP contribution >= 0.6 is 0 Å². The summed E-state index contributed by atoms with van der Waals surface area (Å²) >= 11 is 0. The van der Waals surface area contributed by atoms with E-state index in [0.717, 1.165) is 0 Å². The van der Waals surface area contributed by atoms with Gasteiger partial charge in [-0.05, 0) is 6.33 Å². The lowest BCUT2D eigenvalue weighted by molar-refractivity contribution is 1.14. The lowest BCUT2D eigenvalue weighted by Gasteiger charge is -1.94. The minimum Gasteiger partial charge on any atom is -0.367 e. The summed E-state index contributed by atoms with van der Waals surface area (Å²) in [5.74, 6) is -0.0204. The van der Waals surface area contributed by atoms with Gasteiger partial charge in [-0.1, -0.05) is 0 Å². The van der Waals surface area contributed by atoms with Gasteiger partial charge < -0.3 is 15.0 Å². The third-order valence-electron chi connectivity index (χ3n) is 1.13. The number of nitrogens with one attached hydrogen (secondary N) is 1. The van der Waals surface area contributed by atoms with Gasteiger partial charge in [-0.2, -0.15) is 0 Å². The summed E-state index contributed by atoms with van der Waals surface area (Å²) in [4.78, 5) is 15.0. The minimum absolute atomic E-state index is 0.0204. The summed E-state index contributed by atoms with van der Waals surface area (Å²) in [6, 6.07) is 0. The highest BCUT2D eigenvalue weighted by atomic mass is 15.1. The monoisotopic (exact) mass is 133 g/mol. The zero-order valence-corrected chi connectivity index (χ0v) is 4.94. The summed E-state index contributed by atoms with van der Waals surface area (Å²) in [5, 5.41) is 0. The molecular weight excluding hydrogens is 130 g/mol. The predicted molar refractivity (Wildman–Crippen MR) is 33.4 cm³/mol. The van der Waals surface area contributed by atoms with Gasteiger partial charge in [-0.15, -0.1) is 0 Å². The third-order valence-corrected chi connectivity index (χ3v) is 1.13. The second-order valence-corrected chi connectivity index (χ2v) is 1.78. The van der Waals surface area contributed by atoms with Crippen molar-refractivity contribution in [3.8, 4) is 0 Å². The lowest BCUT2D eigenvalue weighted by atomic mass is 10.6. The van der Waals surface area contributed by atoms with Gasteiger partial charge in [0, 0.05) is 17.4 Å². The largest absolute Gasteiger partial charge is 0.367 e. The van der Waals surface area contributed by atoms with Crippen molar-refractivity contribution in [2.24, 2.45) is 0 Å². The van der Waals surface area contributed by atoms with Crippen molar-refractivity contribution in [3.05, 3.63) is 12.5 Å². The van der Waals surface area contributed by atoms with Crippen LogP contribution in [0.25, 0.3) is 11.2 Å². The van der Waals surface area contributed by atoms with Crippen LogP contribution in [0.5, 0.6) is 0 Å². The van der Waals surface area contributed by atoms with Crippen molar-refractivity contribution in [2.45, 2.75) is 0 Å². The Bertz CT molecular complexity index is 352. The molecule has 0 fully saturated rings. The fourth-order valence-corrected chi connectivity index (χ4v) is 0.698. The van der Waals surface area contributed by atoms with E-state index < -0.39 is 0 Å². The summed E-state index contributed by atoms with van der Waals surface area (Å²) in [7, 11) is 0. The van der Waals surface area contributed by atoms with Gasteiger partial charge >= 0.3 is 0 Å². The fraction of sp³-hybridized carbons (Fsp3) is 0. The van der Waals surface area contributed by atoms with Gasteiger partial charge in [-0.25, -0.2) is 4.98 Å².